The summed E-state index contributed by atoms with van der Waals surface area (Å²) >= 11 is 39.0. The maximum atomic E-state index is 5.18. The van der Waals surface area contributed by atoms with Gasteiger partial charge in [0.05, 0.1) is 0 Å². The average molecular weight is 1080 g/mol. The first kappa shape index (κ1) is 50.5. The van der Waals surface area contributed by atoms with Gasteiger partial charge in [0.15, 0.2) is 0 Å². The van der Waals surface area contributed by atoms with Gasteiger partial charge in [0, 0.05) is 50.0 Å². The maximum Gasteiger partial charge on any atom is 0.0445 e. The summed E-state index contributed by atoms with van der Waals surface area (Å²) in [6, 6.07) is 77.3. The lowest BCUT2D eigenvalue weighted by Crippen LogP contribution is -2.27. The Hall–Kier alpha value is -5.00. The van der Waals surface area contributed by atoms with Crippen LogP contribution in [0.4, 0.5) is 0 Å². The lowest BCUT2D eigenvalue weighted by atomic mass is 9.69. The summed E-state index contributed by atoms with van der Waals surface area (Å²) in [4.78, 5) is 7.24. The highest BCUT2D eigenvalue weighted by Gasteiger charge is 2.37. The van der Waals surface area contributed by atoms with Gasteiger partial charge in [-0.25, -0.2) is 0 Å². The summed E-state index contributed by atoms with van der Waals surface area (Å²) in [6.07, 6.45) is 0. The molecule has 0 amide bonds. The molecule has 0 saturated carbocycles. The molecule has 0 spiro atoms. The third kappa shape index (κ3) is 10.0. The molecule has 0 heterocycles. The predicted molar refractivity (Wildman–Crippen MR) is 329 cm³/mol. The Labute approximate surface area is 468 Å². The van der Waals surface area contributed by atoms with Gasteiger partial charge in [-0.05, 0) is 200 Å². The molecule has 10 aromatic rings. The van der Waals surface area contributed by atoms with Gasteiger partial charge in [-0.2, -0.15) is 0 Å². The van der Waals surface area contributed by atoms with Crippen molar-refractivity contribution in [2.24, 2.45) is 0 Å². The van der Waals surface area contributed by atoms with Crippen molar-refractivity contribution < 1.29 is 0 Å². The second-order valence-electron chi connectivity index (χ2n) is 18.5. The van der Waals surface area contributed by atoms with Crippen LogP contribution < -0.4 is 0 Å². The average Bonchev–Trinajstić information content (AvgIpc) is 3.40. The second kappa shape index (κ2) is 21.1. The number of hydrogen-bond donors (Lipinski definition) is 8. The van der Waals surface area contributed by atoms with E-state index in [9.17, 15) is 0 Å². The summed E-state index contributed by atoms with van der Waals surface area (Å²) in [5.41, 5.74) is 16.2. The van der Waals surface area contributed by atoms with Gasteiger partial charge in [-0.1, -0.05) is 121 Å². The van der Waals surface area contributed by atoms with Crippen molar-refractivity contribution in [3.05, 3.63) is 252 Å². The summed E-state index contributed by atoms with van der Waals surface area (Å²) in [6.45, 7) is 4.59. The van der Waals surface area contributed by atoms with E-state index in [4.69, 9.17) is 50.5 Å². The van der Waals surface area contributed by atoms with Crippen molar-refractivity contribution in [2.45, 2.75) is 63.8 Å². The molecule has 0 aliphatic heterocycles. The summed E-state index contributed by atoms with van der Waals surface area (Å²) in [5, 5.41) is 0. The largest absolute Gasteiger partial charge is 0.143 e. The molecule has 10 rings (SSSR count). The molecule has 0 fully saturated rings. The number of benzene rings is 10. The first-order chi connectivity index (χ1) is 34.7. The van der Waals surface area contributed by atoms with Crippen LogP contribution in [0.2, 0.25) is 0 Å². The molecule has 72 heavy (non-hydrogen) atoms. The highest BCUT2D eigenvalue weighted by molar-refractivity contribution is 7.81. The van der Waals surface area contributed by atoms with E-state index in [0.29, 0.717) is 0 Å². The van der Waals surface area contributed by atoms with E-state index < -0.39 is 10.8 Å². The van der Waals surface area contributed by atoms with Crippen molar-refractivity contribution in [1.29, 1.82) is 0 Å². The minimum Gasteiger partial charge on any atom is -0.143 e. The highest BCUT2D eigenvalue weighted by atomic mass is 32.1. The first-order valence-corrected chi connectivity index (χ1v) is 27.0. The van der Waals surface area contributed by atoms with E-state index in [1.165, 1.54) is 0 Å². The van der Waals surface area contributed by atoms with Crippen molar-refractivity contribution in [3.63, 3.8) is 0 Å². The van der Waals surface area contributed by atoms with Crippen LogP contribution in [-0.4, -0.2) is 0 Å². The molecule has 0 N–H and O–H groups in total. The van der Waals surface area contributed by atoms with Crippen molar-refractivity contribution in [1.82, 2.24) is 0 Å². The number of hydrogen-bond acceptors (Lipinski definition) is 8. The first-order valence-electron chi connectivity index (χ1n) is 23.4. The van der Waals surface area contributed by atoms with Crippen LogP contribution in [0.15, 0.2) is 258 Å². The molecular formula is C64H50S8. The predicted octanol–water partition coefficient (Wildman–Crippen LogP) is 19.0. The highest BCUT2D eigenvalue weighted by Crippen LogP contribution is 2.49. The van der Waals surface area contributed by atoms with Crippen LogP contribution in [0.3, 0.4) is 0 Å². The molecule has 0 aliphatic rings. The lowest BCUT2D eigenvalue weighted by molar-refractivity contribution is 0.664. The van der Waals surface area contributed by atoms with Crippen LogP contribution in [0.1, 0.15) is 47.2 Å². The molecule has 10 aromatic carbocycles. The molecule has 0 atom stereocenters. The van der Waals surface area contributed by atoms with Gasteiger partial charge >= 0.3 is 0 Å². The zero-order chi connectivity index (χ0) is 50.3. The Kier molecular flexibility index (Phi) is 14.8. The van der Waals surface area contributed by atoms with E-state index in [-0.39, 0.29) is 0 Å². The van der Waals surface area contributed by atoms with Crippen LogP contribution >= 0.6 is 101 Å². The quantitative estimate of drug-likeness (QED) is 0.0460. The number of rotatable bonds is 11. The lowest BCUT2D eigenvalue weighted by Gasteiger charge is -2.35. The van der Waals surface area contributed by atoms with Gasteiger partial charge in [0.1, 0.15) is 0 Å². The van der Waals surface area contributed by atoms with E-state index >= 15 is 0 Å². The molecule has 0 radical (unpaired) electrons. The Morgan fingerprint density at radius 2 is 0.375 bits per heavy atom. The smallest absolute Gasteiger partial charge is 0.0445 e. The zero-order valence-corrected chi connectivity index (χ0v) is 46.5. The van der Waals surface area contributed by atoms with Gasteiger partial charge in [0.25, 0.3) is 0 Å². The minimum absolute atomic E-state index is 0.668. The van der Waals surface area contributed by atoms with E-state index in [0.717, 1.165) is 128 Å². The standard InChI is InChI=1S/C64H50S8/c1-63(55-35-45(15-31-59(55)69)41-7-23-51(65)24-8-41,56-36-46(16-32-60(56)70)42-9-25-52(66)26-10-42)49-19-3-39(4-20-49)40-5-21-50(22-6-40)64(2,57-37-47(17-33-61(57)71)43-11-27-53(67)28-12-43)58-38-48(18-34-62(58)72)44-13-29-54(68)30-14-44/h3-38,65-72H,1-2H3. The summed E-state index contributed by atoms with van der Waals surface area (Å²) in [7, 11) is 0. The van der Waals surface area contributed by atoms with Gasteiger partial charge in [0.2, 0.25) is 0 Å². The van der Waals surface area contributed by atoms with Gasteiger partial charge < -0.3 is 0 Å². The van der Waals surface area contributed by atoms with Gasteiger partial charge in [-0.3, -0.25) is 0 Å². The molecule has 0 saturated heterocycles. The Morgan fingerprint density at radius 3 is 0.583 bits per heavy atom. The van der Waals surface area contributed by atoms with Crippen molar-refractivity contribution >= 4 is 101 Å². The fourth-order valence-corrected chi connectivity index (χ4v) is 12.0. The third-order valence-electron chi connectivity index (χ3n) is 14.2. The van der Waals surface area contributed by atoms with Crippen LogP contribution in [0.5, 0.6) is 0 Å². The van der Waals surface area contributed by atoms with Crippen LogP contribution in [-0.2, 0) is 10.8 Å². The zero-order valence-electron chi connectivity index (χ0n) is 39.4. The van der Waals surface area contributed by atoms with Crippen LogP contribution in [0, 0.1) is 0 Å². The second-order valence-corrected chi connectivity index (χ2v) is 22.5. The molecule has 0 bridgehead atoms. The summed E-state index contributed by atoms with van der Waals surface area (Å²) < 4.78 is 0. The molecule has 0 aliphatic carbocycles. The summed E-state index contributed by atoms with van der Waals surface area (Å²) in [5.74, 6) is 0. The van der Waals surface area contributed by atoms with Crippen LogP contribution in [0.25, 0.3) is 55.6 Å². The van der Waals surface area contributed by atoms with E-state index in [1.807, 2.05) is 48.5 Å². The fraction of sp³-hybridized carbons (Fsp3) is 0.0625. The third-order valence-corrected chi connectivity index (χ3v) is 17.0. The molecule has 8 heteroatoms. The normalized spacial score (nSPS) is 11.8. The Bertz CT molecular complexity index is 3150. The topological polar surface area (TPSA) is 0 Å². The van der Waals surface area contributed by atoms with Crippen molar-refractivity contribution in [3.8, 4) is 55.6 Å². The number of thiol groups is 8. The van der Waals surface area contributed by atoms with E-state index in [2.05, 4.69) is 234 Å². The Balaban J connectivity index is 1.08. The fourth-order valence-electron chi connectivity index (χ4n) is 9.98. The SMILES string of the molecule is CC(c1ccc(-c2ccc(C(C)(c3cc(-c4ccc(S)cc4)ccc3S)c3cc(-c4ccc(S)cc4)ccc3S)cc2)cc1)(c1cc(-c2ccc(S)cc2)ccc1S)c1cc(-c2ccc(S)cc2)ccc1S. The molecular weight excluding hydrogens is 1030 g/mol. The molecule has 0 aromatic heterocycles. The van der Waals surface area contributed by atoms with E-state index in [1.54, 1.807) is 0 Å². The monoisotopic (exact) mass is 1070 g/mol. The van der Waals surface area contributed by atoms with Gasteiger partial charge in [-0.15, -0.1) is 101 Å². The minimum atomic E-state index is -0.668. The van der Waals surface area contributed by atoms with Crippen molar-refractivity contribution in [2.75, 3.05) is 0 Å². The molecule has 0 nitrogen and oxygen atoms in total. The molecule has 0 unspecified atom stereocenters. The molecule has 354 valence electrons. The Morgan fingerprint density at radius 1 is 0.208 bits per heavy atom. The maximum absolute atomic E-state index is 5.18.